The number of halogens is 2. The van der Waals surface area contributed by atoms with E-state index in [1.165, 1.54) is 20.3 Å². The second-order valence-corrected chi connectivity index (χ2v) is 9.31. The van der Waals surface area contributed by atoms with Gasteiger partial charge in [0.05, 0.1) is 36.4 Å². The average Bonchev–Trinajstić information content (AvgIpc) is 3.45. The number of methoxy groups -OCH3 is 2. The van der Waals surface area contributed by atoms with E-state index in [1.54, 1.807) is 4.90 Å². The summed E-state index contributed by atoms with van der Waals surface area (Å²) in [4.78, 5) is 28.2. The van der Waals surface area contributed by atoms with Gasteiger partial charge in [0, 0.05) is 6.04 Å². The third kappa shape index (κ3) is 4.03. The van der Waals surface area contributed by atoms with Crippen molar-refractivity contribution in [2.75, 3.05) is 14.2 Å². The second-order valence-electron chi connectivity index (χ2n) is 8.53. The molecule has 1 aliphatic heterocycles. The Morgan fingerprint density at radius 2 is 1.68 bits per heavy atom. The Morgan fingerprint density at radius 3 is 2.24 bits per heavy atom. The zero-order valence-electron chi connectivity index (χ0n) is 19.4. The lowest BCUT2D eigenvalue weighted by Crippen LogP contribution is -2.37. The van der Waals surface area contributed by atoms with Crippen molar-refractivity contribution in [1.29, 1.82) is 0 Å². The van der Waals surface area contributed by atoms with Gasteiger partial charge in [0.15, 0.2) is 11.5 Å². The Balaban J connectivity index is 1.95. The monoisotopic (exact) mass is 503 g/mol. The van der Waals surface area contributed by atoms with Gasteiger partial charge in [0.2, 0.25) is 0 Å². The Bertz CT molecular complexity index is 1150. The predicted octanol–water partition coefficient (Wildman–Crippen LogP) is 5.94. The second kappa shape index (κ2) is 9.88. The van der Waals surface area contributed by atoms with Crippen molar-refractivity contribution in [3.63, 3.8) is 0 Å². The van der Waals surface area contributed by atoms with Crippen molar-refractivity contribution >= 4 is 40.7 Å². The maximum atomic E-state index is 13.3. The van der Waals surface area contributed by atoms with Crippen LogP contribution in [0.2, 0.25) is 10.0 Å². The molecule has 0 spiro atoms. The van der Waals surface area contributed by atoms with Crippen LogP contribution in [-0.4, -0.2) is 42.0 Å². The lowest BCUT2D eigenvalue weighted by molar-refractivity contribution is -0.141. The molecule has 8 heteroatoms. The zero-order chi connectivity index (χ0) is 24.6. The van der Waals surface area contributed by atoms with E-state index in [2.05, 4.69) is 6.92 Å². The van der Waals surface area contributed by atoms with E-state index >= 15 is 0 Å². The van der Waals surface area contributed by atoms with Crippen LogP contribution < -0.4 is 9.47 Å². The quantitative estimate of drug-likeness (QED) is 0.300. The van der Waals surface area contributed by atoms with Crippen LogP contribution in [0.1, 0.15) is 55.3 Å². The average molecular weight is 504 g/mol. The number of carbonyl (C=O) groups is 2. The summed E-state index contributed by atoms with van der Waals surface area (Å²) in [6.45, 7) is 2.06. The molecule has 1 saturated heterocycles. The standard InChI is InChI=1S/C26H27Cl2NO5/c1-4-14-9-11-15(12-10-14)21-19(23(31)26(32)29(21)16-7-5-6-8-16)22(30)17-13-18(27)25(34-3)20(28)24(17)33-2/h9-13,16,21,30H,4-8H2,1-3H3/b22-19+. The number of carbonyl (C=O) groups excluding carboxylic acids is 2. The maximum absolute atomic E-state index is 13.3. The number of amides is 1. The van der Waals surface area contributed by atoms with Gasteiger partial charge < -0.3 is 19.5 Å². The first-order valence-electron chi connectivity index (χ1n) is 11.3. The molecule has 1 amide bonds. The fourth-order valence-corrected chi connectivity index (χ4v) is 5.65. The summed E-state index contributed by atoms with van der Waals surface area (Å²) in [6, 6.07) is 8.42. The lowest BCUT2D eigenvalue weighted by Gasteiger charge is -2.31. The van der Waals surface area contributed by atoms with Gasteiger partial charge in [-0.3, -0.25) is 9.59 Å². The minimum atomic E-state index is -0.737. The van der Waals surface area contributed by atoms with Crippen LogP contribution in [0.25, 0.3) is 5.76 Å². The summed E-state index contributed by atoms with van der Waals surface area (Å²) < 4.78 is 10.7. The molecular weight excluding hydrogens is 477 g/mol. The van der Waals surface area contributed by atoms with E-state index in [0.29, 0.717) is 0 Å². The molecule has 2 aromatic carbocycles. The molecule has 2 aromatic rings. The minimum Gasteiger partial charge on any atom is -0.507 e. The van der Waals surface area contributed by atoms with Crippen molar-refractivity contribution < 1.29 is 24.2 Å². The topological polar surface area (TPSA) is 76.1 Å². The summed E-state index contributed by atoms with van der Waals surface area (Å²) in [5, 5.41) is 11.7. The SMILES string of the molecule is CCc1ccc(C2/C(=C(\O)c3cc(Cl)c(OC)c(Cl)c3OC)C(=O)C(=O)N2C2CCCC2)cc1. The molecule has 2 aliphatic rings. The molecular formula is C26H27Cl2NO5. The Kier molecular flexibility index (Phi) is 7.10. The Labute approximate surface area is 209 Å². The molecule has 180 valence electrons. The van der Waals surface area contributed by atoms with E-state index in [1.807, 2.05) is 24.3 Å². The van der Waals surface area contributed by atoms with Gasteiger partial charge in [0.25, 0.3) is 11.7 Å². The van der Waals surface area contributed by atoms with E-state index in [9.17, 15) is 14.7 Å². The molecule has 4 rings (SSSR count). The summed E-state index contributed by atoms with van der Waals surface area (Å²) >= 11 is 12.8. The van der Waals surface area contributed by atoms with Crippen molar-refractivity contribution in [3.05, 3.63) is 62.6 Å². The van der Waals surface area contributed by atoms with E-state index in [0.717, 1.165) is 43.2 Å². The van der Waals surface area contributed by atoms with Crippen LogP contribution in [-0.2, 0) is 16.0 Å². The van der Waals surface area contributed by atoms with Crippen LogP contribution >= 0.6 is 23.2 Å². The minimum absolute atomic E-state index is 0.00301. The van der Waals surface area contributed by atoms with Crippen molar-refractivity contribution in [1.82, 2.24) is 4.90 Å². The summed E-state index contributed by atoms with van der Waals surface area (Å²) in [7, 11) is 2.81. The Hall–Kier alpha value is -2.70. The normalized spacial score (nSPS) is 20.3. The number of likely N-dealkylation sites (tertiary alicyclic amines) is 1. The molecule has 1 atom stereocenters. The molecule has 1 saturated carbocycles. The third-order valence-corrected chi connectivity index (χ3v) is 7.32. The largest absolute Gasteiger partial charge is 0.507 e. The number of rotatable bonds is 6. The number of benzene rings is 2. The number of aliphatic hydroxyl groups excluding tert-OH is 1. The smallest absolute Gasteiger partial charge is 0.295 e. The Morgan fingerprint density at radius 1 is 1.06 bits per heavy atom. The number of hydrogen-bond acceptors (Lipinski definition) is 5. The molecule has 6 nitrogen and oxygen atoms in total. The lowest BCUT2D eigenvalue weighted by atomic mass is 9.93. The van der Waals surface area contributed by atoms with Gasteiger partial charge in [-0.15, -0.1) is 0 Å². The maximum Gasteiger partial charge on any atom is 0.295 e. The van der Waals surface area contributed by atoms with Crippen molar-refractivity contribution in [2.45, 2.75) is 51.1 Å². The summed E-state index contributed by atoms with van der Waals surface area (Å²) in [6.07, 6.45) is 4.49. The van der Waals surface area contributed by atoms with Crippen molar-refractivity contribution in [2.24, 2.45) is 0 Å². The highest BCUT2D eigenvalue weighted by Crippen LogP contribution is 2.48. The molecule has 1 aliphatic carbocycles. The van der Waals surface area contributed by atoms with Gasteiger partial charge in [-0.25, -0.2) is 0 Å². The van der Waals surface area contributed by atoms with E-state index < -0.39 is 17.7 Å². The van der Waals surface area contributed by atoms with Crippen LogP contribution in [0.5, 0.6) is 11.5 Å². The third-order valence-electron chi connectivity index (χ3n) is 6.70. The van der Waals surface area contributed by atoms with Crippen molar-refractivity contribution in [3.8, 4) is 11.5 Å². The fraction of sp³-hybridized carbons (Fsp3) is 0.385. The molecule has 1 heterocycles. The number of aryl methyl sites for hydroxylation is 1. The van der Waals surface area contributed by atoms with E-state index in [4.69, 9.17) is 32.7 Å². The molecule has 0 aromatic heterocycles. The summed E-state index contributed by atoms with van der Waals surface area (Å²) in [5.74, 6) is -1.43. The van der Waals surface area contributed by atoms with Gasteiger partial charge in [0.1, 0.15) is 10.8 Å². The van der Waals surface area contributed by atoms with E-state index in [-0.39, 0.29) is 44.5 Å². The highest BCUT2D eigenvalue weighted by molar-refractivity contribution is 6.47. The fourth-order valence-electron chi connectivity index (χ4n) is 4.96. The van der Waals surface area contributed by atoms with Gasteiger partial charge >= 0.3 is 0 Å². The highest BCUT2D eigenvalue weighted by atomic mass is 35.5. The molecule has 0 bridgehead atoms. The molecule has 1 N–H and O–H groups in total. The van der Waals surface area contributed by atoms with Crippen LogP contribution in [0, 0.1) is 0 Å². The zero-order valence-corrected chi connectivity index (χ0v) is 20.9. The van der Waals surface area contributed by atoms with Gasteiger partial charge in [-0.1, -0.05) is 67.2 Å². The molecule has 1 unspecified atom stereocenters. The van der Waals surface area contributed by atoms with Gasteiger partial charge in [-0.2, -0.15) is 0 Å². The first kappa shape index (κ1) is 24.4. The summed E-state index contributed by atoms with van der Waals surface area (Å²) in [5.41, 5.74) is 2.01. The molecule has 34 heavy (non-hydrogen) atoms. The number of Topliss-reactive ketones (excluding diaryl/α,β-unsaturated/α-hetero) is 1. The number of nitrogens with zero attached hydrogens (tertiary/aromatic N) is 1. The first-order chi connectivity index (χ1) is 16.3. The molecule has 0 radical (unpaired) electrons. The van der Waals surface area contributed by atoms with Gasteiger partial charge in [-0.05, 0) is 36.5 Å². The van der Waals surface area contributed by atoms with Crippen LogP contribution in [0.3, 0.4) is 0 Å². The molecule has 2 fully saturated rings. The number of ether oxygens (including phenoxy) is 2. The highest BCUT2D eigenvalue weighted by Gasteiger charge is 2.49. The predicted molar refractivity (Wildman–Crippen MR) is 132 cm³/mol. The number of ketones is 1. The number of hydrogen-bond donors (Lipinski definition) is 1. The van der Waals surface area contributed by atoms with Crippen LogP contribution in [0.4, 0.5) is 0 Å². The number of aliphatic hydroxyl groups is 1. The first-order valence-corrected chi connectivity index (χ1v) is 12.1. The van der Waals surface area contributed by atoms with Crippen LogP contribution in [0.15, 0.2) is 35.9 Å².